The van der Waals surface area contributed by atoms with E-state index in [1.165, 1.54) is 7.11 Å². The number of fused-ring (bicyclic) bond motifs is 1. The highest BCUT2D eigenvalue weighted by atomic mass is 16.5. The van der Waals surface area contributed by atoms with Crippen molar-refractivity contribution in [2.75, 3.05) is 25.5 Å². The lowest BCUT2D eigenvalue weighted by molar-refractivity contribution is 0.132. The molecule has 1 aromatic heterocycles. The number of methoxy groups -OCH3 is 1. The zero-order valence-electron chi connectivity index (χ0n) is 10.6. The Balaban J connectivity index is 1.67. The van der Waals surface area contributed by atoms with Crippen LogP contribution in [0.15, 0.2) is 28.7 Å². The van der Waals surface area contributed by atoms with Gasteiger partial charge in [-0.3, -0.25) is 0 Å². The van der Waals surface area contributed by atoms with Crippen LogP contribution >= 0.6 is 0 Å². The highest BCUT2D eigenvalue weighted by molar-refractivity contribution is 5.74. The molecule has 1 aliphatic heterocycles. The van der Waals surface area contributed by atoms with Gasteiger partial charge >= 0.3 is 6.09 Å². The smallest absolute Gasteiger partial charge is 0.409 e. The Kier molecular flexibility index (Phi) is 2.98. The number of oxazole rings is 1. The number of para-hydroxylation sites is 2. The number of ether oxygens (including phenoxy) is 1. The van der Waals surface area contributed by atoms with Crippen LogP contribution in [0.25, 0.3) is 11.1 Å². The monoisotopic (exact) mass is 261 g/mol. The number of carbonyl (C=O) groups is 1. The lowest BCUT2D eigenvalue weighted by Crippen LogP contribution is -2.31. The van der Waals surface area contributed by atoms with E-state index in [1.807, 2.05) is 24.3 Å². The third-order valence-corrected chi connectivity index (χ3v) is 3.24. The molecular formula is C13H15N3O3. The molecule has 1 aromatic carbocycles. The second kappa shape index (κ2) is 4.79. The van der Waals surface area contributed by atoms with Gasteiger partial charge in [-0.2, -0.15) is 4.98 Å². The summed E-state index contributed by atoms with van der Waals surface area (Å²) >= 11 is 0. The van der Waals surface area contributed by atoms with Crippen molar-refractivity contribution in [3.8, 4) is 0 Å². The Labute approximate surface area is 110 Å². The van der Waals surface area contributed by atoms with E-state index in [-0.39, 0.29) is 12.1 Å². The zero-order valence-corrected chi connectivity index (χ0v) is 10.6. The summed E-state index contributed by atoms with van der Waals surface area (Å²) in [5.41, 5.74) is 1.58. The minimum absolute atomic E-state index is 0.146. The fourth-order valence-corrected chi connectivity index (χ4v) is 2.28. The number of hydrogen-bond donors (Lipinski definition) is 1. The molecule has 1 N–H and O–H groups in total. The van der Waals surface area contributed by atoms with Gasteiger partial charge in [-0.1, -0.05) is 12.1 Å². The van der Waals surface area contributed by atoms with Gasteiger partial charge in [0, 0.05) is 19.1 Å². The first-order valence-electron chi connectivity index (χ1n) is 6.21. The van der Waals surface area contributed by atoms with Crippen molar-refractivity contribution in [2.45, 2.75) is 12.5 Å². The largest absolute Gasteiger partial charge is 0.453 e. The Bertz CT molecular complexity index is 563. The molecule has 0 saturated carbocycles. The zero-order chi connectivity index (χ0) is 13.2. The maximum absolute atomic E-state index is 11.4. The lowest BCUT2D eigenvalue weighted by Gasteiger charge is -2.14. The highest BCUT2D eigenvalue weighted by Gasteiger charge is 2.27. The predicted molar refractivity (Wildman–Crippen MR) is 70.0 cm³/mol. The minimum atomic E-state index is -0.290. The molecule has 2 aromatic rings. The second-order valence-electron chi connectivity index (χ2n) is 4.53. The quantitative estimate of drug-likeness (QED) is 0.896. The molecule has 0 radical (unpaired) electrons. The Morgan fingerprint density at radius 1 is 1.53 bits per heavy atom. The van der Waals surface area contributed by atoms with Crippen LogP contribution in [0.1, 0.15) is 6.42 Å². The molecule has 6 nitrogen and oxygen atoms in total. The number of amides is 1. The van der Waals surface area contributed by atoms with E-state index in [4.69, 9.17) is 9.15 Å². The maximum atomic E-state index is 11.4. The number of nitrogens with one attached hydrogen (secondary N) is 1. The summed E-state index contributed by atoms with van der Waals surface area (Å²) in [5.74, 6) is 0. The molecule has 1 atom stereocenters. The average Bonchev–Trinajstić information content (AvgIpc) is 3.04. The molecule has 1 fully saturated rings. The van der Waals surface area contributed by atoms with Gasteiger partial charge in [-0.25, -0.2) is 4.79 Å². The van der Waals surface area contributed by atoms with Crippen LogP contribution in [0.4, 0.5) is 10.8 Å². The van der Waals surface area contributed by atoms with E-state index in [9.17, 15) is 4.79 Å². The molecule has 1 aliphatic rings. The molecule has 0 unspecified atom stereocenters. The molecule has 3 rings (SSSR count). The van der Waals surface area contributed by atoms with Crippen LogP contribution in [-0.4, -0.2) is 42.2 Å². The first kappa shape index (κ1) is 11.8. The summed E-state index contributed by atoms with van der Waals surface area (Å²) in [4.78, 5) is 17.4. The van der Waals surface area contributed by atoms with Gasteiger partial charge < -0.3 is 19.4 Å². The van der Waals surface area contributed by atoms with E-state index >= 15 is 0 Å². The number of hydrogen-bond acceptors (Lipinski definition) is 5. The van der Waals surface area contributed by atoms with Gasteiger partial charge in [0.05, 0.1) is 7.11 Å². The van der Waals surface area contributed by atoms with Crippen LogP contribution in [0.3, 0.4) is 0 Å². The molecule has 0 spiro atoms. The predicted octanol–water partition coefficient (Wildman–Crippen LogP) is 2.08. The van der Waals surface area contributed by atoms with Crippen molar-refractivity contribution < 1.29 is 13.9 Å². The topological polar surface area (TPSA) is 67.6 Å². The first-order valence-corrected chi connectivity index (χ1v) is 6.21. The van der Waals surface area contributed by atoms with Gasteiger partial charge in [0.2, 0.25) is 0 Å². The van der Waals surface area contributed by atoms with E-state index in [0.29, 0.717) is 19.1 Å². The van der Waals surface area contributed by atoms with Crippen molar-refractivity contribution >= 4 is 23.2 Å². The number of carbonyl (C=O) groups excluding carboxylic acids is 1. The minimum Gasteiger partial charge on any atom is -0.453 e. The van der Waals surface area contributed by atoms with E-state index in [2.05, 4.69) is 10.3 Å². The van der Waals surface area contributed by atoms with E-state index in [0.717, 1.165) is 17.5 Å². The number of anilines is 1. The molecule has 2 heterocycles. The van der Waals surface area contributed by atoms with Crippen molar-refractivity contribution in [2.24, 2.45) is 0 Å². The van der Waals surface area contributed by atoms with Gasteiger partial charge in [0.1, 0.15) is 5.52 Å². The fourth-order valence-electron chi connectivity index (χ4n) is 2.28. The third-order valence-electron chi connectivity index (χ3n) is 3.24. The SMILES string of the molecule is COC(=O)N1CC[C@@H](Nc2nc3ccccc3o2)C1. The standard InChI is InChI=1S/C13H15N3O3/c1-18-13(17)16-7-6-9(8-16)14-12-15-10-4-2-3-5-11(10)19-12/h2-5,9H,6-8H2,1H3,(H,14,15)/t9-/m1/s1. The molecule has 1 amide bonds. The molecule has 100 valence electrons. The van der Waals surface area contributed by atoms with Crippen LogP contribution < -0.4 is 5.32 Å². The van der Waals surface area contributed by atoms with Gasteiger partial charge in [-0.15, -0.1) is 0 Å². The van der Waals surface area contributed by atoms with Crippen molar-refractivity contribution in [3.63, 3.8) is 0 Å². The van der Waals surface area contributed by atoms with Crippen LogP contribution in [0.5, 0.6) is 0 Å². The summed E-state index contributed by atoms with van der Waals surface area (Å²) in [6, 6.07) is 8.25. The van der Waals surface area contributed by atoms with Crippen molar-refractivity contribution in [1.29, 1.82) is 0 Å². The number of rotatable bonds is 2. The van der Waals surface area contributed by atoms with Crippen molar-refractivity contribution in [1.82, 2.24) is 9.88 Å². The van der Waals surface area contributed by atoms with Crippen LogP contribution in [0.2, 0.25) is 0 Å². The number of likely N-dealkylation sites (tertiary alicyclic amines) is 1. The Morgan fingerprint density at radius 2 is 2.37 bits per heavy atom. The first-order chi connectivity index (χ1) is 9.26. The summed E-state index contributed by atoms with van der Waals surface area (Å²) in [7, 11) is 1.39. The van der Waals surface area contributed by atoms with Gasteiger partial charge in [0.15, 0.2) is 5.58 Å². The van der Waals surface area contributed by atoms with Crippen molar-refractivity contribution in [3.05, 3.63) is 24.3 Å². The summed E-state index contributed by atoms with van der Waals surface area (Å²) in [5, 5.41) is 3.21. The van der Waals surface area contributed by atoms with Crippen LogP contribution in [0, 0.1) is 0 Å². The lowest BCUT2D eigenvalue weighted by atomic mass is 10.3. The summed E-state index contributed by atoms with van der Waals surface area (Å²) < 4.78 is 10.3. The molecule has 6 heteroatoms. The van der Waals surface area contributed by atoms with E-state index < -0.39 is 0 Å². The highest BCUT2D eigenvalue weighted by Crippen LogP contribution is 2.21. The molecule has 0 bridgehead atoms. The number of aromatic nitrogens is 1. The second-order valence-corrected chi connectivity index (χ2v) is 4.53. The van der Waals surface area contributed by atoms with Gasteiger partial charge in [-0.05, 0) is 18.6 Å². The van der Waals surface area contributed by atoms with E-state index in [1.54, 1.807) is 4.90 Å². The maximum Gasteiger partial charge on any atom is 0.409 e. The van der Waals surface area contributed by atoms with Crippen LogP contribution in [-0.2, 0) is 4.74 Å². The Hall–Kier alpha value is -2.24. The Morgan fingerprint density at radius 3 is 3.16 bits per heavy atom. The number of benzene rings is 1. The average molecular weight is 261 g/mol. The summed E-state index contributed by atoms with van der Waals surface area (Å²) in [6.45, 7) is 1.29. The molecule has 19 heavy (non-hydrogen) atoms. The third kappa shape index (κ3) is 2.33. The molecule has 1 saturated heterocycles. The summed E-state index contributed by atoms with van der Waals surface area (Å²) in [6.07, 6.45) is 0.565. The molecule has 0 aliphatic carbocycles. The normalized spacial score (nSPS) is 18.8. The van der Waals surface area contributed by atoms with Gasteiger partial charge in [0.25, 0.3) is 6.01 Å². The number of nitrogens with zero attached hydrogens (tertiary/aromatic N) is 2. The molecular weight excluding hydrogens is 246 g/mol. The fraction of sp³-hybridized carbons (Fsp3) is 0.385.